The normalized spacial score (nSPS) is 19.0. The average molecular weight is 281 g/mol. The summed E-state index contributed by atoms with van der Waals surface area (Å²) in [6, 6.07) is 0.383. The highest BCUT2D eigenvalue weighted by atomic mass is 16.6. The summed E-state index contributed by atoms with van der Waals surface area (Å²) in [4.78, 5) is 10.9. The van der Waals surface area contributed by atoms with Crippen molar-refractivity contribution in [3.05, 3.63) is 15.8 Å². The Hall–Kier alpha value is -1.63. The number of hydrogen-bond acceptors (Lipinski definition) is 5. The van der Waals surface area contributed by atoms with E-state index in [-0.39, 0.29) is 10.6 Å². The molecule has 0 aliphatic carbocycles. The van der Waals surface area contributed by atoms with E-state index in [1.807, 2.05) is 6.92 Å². The zero-order valence-corrected chi connectivity index (χ0v) is 12.2. The Morgan fingerprint density at radius 1 is 1.55 bits per heavy atom. The first kappa shape index (κ1) is 14.8. The molecule has 1 aromatic heterocycles. The largest absolute Gasteiger partial charge is 0.363 e. The van der Waals surface area contributed by atoms with Crippen molar-refractivity contribution in [3.63, 3.8) is 0 Å². The SMILES string of the molecule is CCCn1nc(C)c([N+](=O)[O-])c1NCC1CCCCN1. The fraction of sp³-hybridized carbons (Fsp3) is 0.769. The quantitative estimate of drug-likeness (QED) is 0.616. The van der Waals surface area contributed by atoms with Gasteiger partial charge in [-0.05, 0) is 32.7 Å². The van der Waals surface area contributed by atoms with Gasteiger partial charge in [0.1, 0.15) is 5.69 Å². The molecule has 0 bridgehead atoms. The maximum absolute atomic E-state index is 11.2. The van der Waals surface area contributed by atoms with Crippen molar-refractivity contribution >= 4 is 11.5 Å². The summed E-state index contributed by atoms with van der Waals surface area (Å²) < 4.78 is 1.72. The molecule has 0 radical (unpaired) electrons. The highest BCUT2D eigenvalue weighted by molar-refractivity contribution is 5.59. The van der Waals surface area contributed by atoms with Gasteiger partial charge in [0.05, 0.1) is 4.92 Å². The molecule has 112 valence electrons. The van der Waals surface area contributed by atoms with E-state index in [1.54, 1.807) is 11.6 Å². The number of anilines is 1. The van der Waals surface area contributed by atoms with Gasteiger partial charge in [-0.1, -0.05) is 13.3 Å². The molecule has 1 unspecified atom stereocenters. The smallest absolute Gasteiger partial charge is 0.333 e. The fourth-order valence-electron chi connectivity index (χ4n) is 2.66. The second-order valence-electron chi connectivity index (χ2n) is 5.29. The van der Waals surface area contributed by atoms with Crippen LogP contribution in [0.2, 0.25) is 0 Å². The molecule has 1 aliphatic heterocycles. The summed E-state index contributed by atoms with van der Waals surface area (Å²) in [5.74, 6) is 0.543. The van der Waals surface area contributed by atoms with E-state index in [0.29, 0.717) is 30.6 Å². The van der Waals surface area contributed by atoms with Crippen LogP contribution >= 0.6 is 0 Å². The van der Waals surface area contributed by atoms with Gasteiger partial charge in [0.2, 0.25) is 5.82 Å². The lowest BCUT2D eigenvalue weighted by molar-refractivity contribution is -0.384. The van der Waals surface area contributed by atoms with E-state index in [1.165, 1.54) is 12.8 Å². The van der Waals surface area contributed by atoms with Gasteiger partial charge in [0, 0.05) is 19.1 Å². The number of aromatic nitrogens is 2. The number of nitro groups is 1. The Morgan fingerprint density at radius 3 is 2.95 bits per heavy atom. The minimum Gasteiger partial charge on any atom is -0.363 e. The molecule has 0 amide bonds. The lowest BCUT2D eigenvalue weighted by Gasteiger charge is -2.24. The van der Waals surface area contributed by atoms with Crippen molar-refractivity contribution < 1.29 is 4.92 Å². The third kappa shape index (κ3) is 3.27. The third-order valence-electron chi connectivity index (χ3n) is 3.64. The van der Waals surface area contributed by atoms with Crippen molar-refractivity contribution in [2.24, 2.45) is 0 Å². The van der Waals surface area contributed by atoms with Crippen LogP contribution in [0.1, 0.15) is 38.3 Å². The molecular weight excluding hydrogens is 258 g/mol. The second-order valence-corrected chi connectivity index (χ2v) is 5.29. The van der Waals surface area contributed by atoms with Crippen molar-refractivity contribution in [2.45, 2.75) is 52.1 Å². The summed E-state index contributed by atoms with van der Waals surface area (Å²) in [7, 11) is 0. The highest BCUT2D eigenvalue weighted by Gasteiger charge is 2.25. The van der Waals surface area contributed by atoms with E-state index < -0.39 is 0 Å². The van der Waals surface area contributed by atoms with Crippen LogP contribution in [0, 0.1) is 17.0 Å². The summed E-state index contributed by atoms with van der Waals surface area (Å²) in [6.07, 6.45) is 4.44. The van der Waals surface area contributed by atoms with Gasteiger partial charge >= 0.3 is 5.69 Å². The Bertz CT molecular complexity index is 466. The van der Waals surface area contributed by atoms with Crippen LogP contribution in [-0.4, -0.2) is 33.8 Å². The van der Waals surface area contributed by atoms with Gasteiger partial charge in [0.25, 0.3) is 0 Å². The first-order valence-electron chi connectivity index (χ1n) is 7.32. The number of rotatable bonds is 6. The Morgan fingerprint density at radius 2 is 2.35 bits per heavy atom. The van der Waals surface area contributed by atoms with E-state index in [0.717, 1.165) is 19.4 Å². The molecule has 7 nitrogen and oxygen atoms in total. The van der Waals surface area contributed by atoms with Crippen LogP contribution in [0.3, 0.4) is 0 Å². The monoisotopic (exact) mass is 281 g/mol. The number of hydrogen-bond donors (Lipinski definition) is 2. The number of aryl methyl sites for hydroxylation is 2. The molecule has 7 heteroatoms. The minimum atomic E-state index is -0.342. The summed E-state index contributed by atoms with van der Waals surface area (Å²) in [6.45, 7) is 6.15. The predicted octanol–water partition coefficient (Wildman–Crippen LogP) is 2.06. The molecule has 1 fully saturated rings. The fourth-order valence-corrected chi connectivity index (χ4v) is 2.66. The summed E-state index contributed by atoms with van der Waals surface area (Å²) >= 11 is 0. The van der Waals surface area contributed by atoms with Gasteiger partial charge in [-0.15, -0.1) is 0 Å². The van der Waals surface area contributed by atoms with Crippen molar-refractivity contribution in [1.29, 1.82) is 0 Å². The molecule has 2 heterocycles. The Labute approximate surface area is 118 Å². The molecule has 0 saturated carbocycles. The molecule has 1 saturated heterocycles. The molecule has 1 aromatic rings. The van der Waals surface area contributed by atoms with Crippen LogP contribution < -0.4 is 10.6 Å². The molecule has 1 atom stereocenters. The van der Waals surface area contributed by atoms with Crippen LogP contribution in [0.15, 0.2) is 0 Å². The van der Waals surface area contributed by atoms with Gasteiger partial charge < -0.3 is 10.6 Å². The average Bonchev–Trinajstić information content (AvgIpc) is 2.74. The van der Waals surface area contributed by atoms with Gasteiger partial charge in [-0.3, -0.25) is 10.1 Å². The topological polar surface area (TPSA) is 85.0 Å². The molecule has 1 aliphatic rings. The third-order valence-corrected chi connectivity index (χ3v) is 3.64. The standard InChI is InChI=1S/C13H23N5O2/c1-3-8-17-13(12(18(19)20)10(2)16-17)15-9-11-6-4-5-7-14-11/h11,14-15H,3-9H2,1-2H3. The zero-order valence-electron chi connectivity index (χ0n) is 12.2. The zero-order chi connectivity index (χ0) is 14.5. The second kappa shape index (κ2) is 6.69. The lowest BCUT2D eigenvalue weighted by atomic mass is 10.1. The predicted molar refractivity (Wildman–Crippen MR) is 78.0 cm³/mol. The first-order valence-corrected chi connectivity index (χ1v) is 7.32. The Kier molecular flexibility index (Phi) is 4.94. The van der Waals surface area contributed by atoms with Crippen LogP contribution in [0.4, 0.5) is 11.5 Å². The van der Waals surface area contributed by atoms with Crippen molar-refractivity contribution in [1.82, 2.24) is 15.1 Å². The molecule has 0 spiro atoms. The van der Waals surface area contributed by atoms with E-state index in [4.69, 9.17) is 0 Å². The van der Waals surface area contributed by atoms with Crippen LogP contribution in [-0.2, 0) is 6.54 Å². The summed E-state index contributed by atoms with van der Waals surface area (Å²) in [5, 5.41) is 22.2. The lowest BCUT2D eigenvalue weighted by Crippen LogP contribution is -2.39. The Balaban J connectivity index is 2.12. The first-order chi connectivity index (χ1) is 9.63. The van der Waals surface area contributed by atoms with E-state index in [2.05, 4.69) is 15.7 Å². The summed E-state index contributed by atoms with van der Waals surface area (Å²) in [5.41, 5.74) is 0.580. The number of piperidine rings is 1. The molecule has 2 rings (SSSR count). The van der Waals surface area contributed by atoms with Crippen LogP contribution in [0.25, 0.3) is 0 Å². The molecule has 0 aromatic carbocycles. The number of nitrogens with zero attached hydrogens (tertiary/aromatic N) is 3. The maximum Gasteiger partial charge on any atom is 0.333 e. The van der Waals surface area contributed by atoms with Crippen molar-refractivity contribution in [2.75, 3.05) is 18.4 Å². The van der Waals surface area contributed by atoms with Gasteiger partial charge in [-0.25, -0.2) is 4.68 Å². The van der Waals surface area contributed by atoms with Gasteiger partial charge in [-0.2, -0.15) is 5.10 Å². The molecule has 20 heavy (non-hydrogen) atoms. The molecular formula is C13H23N5O2. The minimum absolute atomic E-state index is 0.106. The number of nitrogens with one attached hydrogen (secondary N) is 2. The van der Waals surface area contributed by atoms with Crippen LogP contribution in [0.5, 0.6) is 0 Å². The maximum atomic E-state index is 11.2. The molecule has 2 N–H and O–H groups in total. The highest BCUT2D eigenvalue weighted by Crippen LogP contribution is 2.28. The van der Waals surface area contributed by atoms with E-state index in [9.17, 15) is 10.1 Å². The van der Waals surface area contributed by atoms with Gasteiger partial charge in [0.15, 0.2) is 0 Å². The van der Waals surface area contributed by atoms with Crippen molar-refractivity contribution in [3.8, 4) is 0 Å². The van der Waals surface area contributed by atoms with E-state index >= 15 is 0 Å².